The van der Waals surface area contributed by atoms with Gasteiger partial charge in [-0.25, -0.2) is 0 Å². The van der Waals surface area contributed by atoms with E-state index in [2.05, 4.69) is 10.2 Å². The fraction of sp³-hybridized carbons (Fsp3) is 0.545. The molecule has 0 spiro atoms. The number of aliphatic hydroxyl groups is 4. The second kappa shape index (κ2) is 10.2. The highest BCUT2D eigenvalue weighted by Crippen LogP contribution is 2.25. The Morgan fingerprint density at radius 3 is 2.39 bits per heavy atom. The third kappa shape index (κ3) is 5.06. The van der Waals surface area contributed by atoms with Gasteiger partial charge in [-0.2, -0.15) is 5.26 Å². The standard InChI is InChI=1S/C22H29N3O6/c1-13(14-5-7-15(8-6-14)25-9-3-2-4-10-25)16(11-23)21(29)24-18-20(28)19(27)17(12-26)31-22(18)30/h5-8,17-20,22,26-28,30H,2-4,9-10,12H2,1H3,(H,24,29)/b16-13+/t17-,18-,19-,20-,22?/m1/s1. The van der Waals surface area contributed by atoms with Crippen molar-refractivity contribution < 1.29 is 30.0 Å². The number of allylic oxidation sites excluding steroid dienone is 1. The van der Waals surface area contributed by atoms with Gasteiger partial charge in [0.05, 0.1) is 6.61 Å². The number of aliphatic hydroxyl groups excluding tert-OH is 4. The Morgan fingerprint density at radius 2 is 1.81 bits per heavy atom. The summed E-state index contributed by atoms with van der Waals surface area (Å²) in [5.41, 5.74) is 2.06. The molecule has 1 aromatic carbocycles. The average molecular weight is 431 g/mol. The van der Waals surface area contributed by atoms with Gasteiger partial charge in [0.1, 0.15) is 36.0 Å². The van der Waals surface area contributed by atoms with E-state index in [0.29, 0.717) is 11.1 Å². The first-order valence-corrected chi connectivity index (χ1v) is 10.4. The number of carbonyl (C=O) groups is 1. The van der Waals surface area contributed by atoms with Gasteiger partial charge in [-0.05, 0) is 49.5 Å². The molecule has 9 nitrogen and oxygen atoms in total. The molecule has 1 aromatic rings. The van der Waals surface area contributed by atoms with Crippen molar-refractivity contribution in [2.75, 3.05) is 24.6 Å². The number of nitriles is 1. The molecular formula is C22H29N3O6. The predicted molar refractivity (Wildman–Crippen MR) is 113 cm³/mol. The number of carbonyl (C=O) groups excluding carboxylic acids is 1. The molecule has 5 N–H and O–H groups in total. The zero-order valence-electron chi connectivity index (χ0n) is 17.4. The van der Waals surface area contributed by atoms with Crippen molar-refractivity contribution in [2.24, 2.45) is 0 Å². The van der Waals surface area contributed by atoms with E-state index in [1.807, 2.05) is 30.3 Å². The van der Waals surface area contributed by atoms with Crippen molar-refractivity contribution in [3.63, 3.8) is 0 Å². The van der Waals surface area contributed by atoms with Gasteiger partial charge in [0.2, 0.25) is 0 Å². The maximum atomic E-state index is 12.7. The van der Waals surface area contributed by atoms with Crippen LogP contribution in [-0.4, -0.2) is 76.7 Å². The molecule has 31 heavy (non-hydrogen) atoms. The zero-order chi connectivity index (χ0) is 22.5. The summed E-state index contributed by atoms with van der Waals surface area (Å²) in [5, 5.41) is 51.3. The minimum Gasteiger partial charge on any atom is -0.394 e. The van der Waals surface area contributed by atoms with E-state index in [4.69, 9.17) is 9.84 Å². The number of ether oxygens (including phenoxy) is 1. The maximum absolute atomic E-state index is 12.7. The molecule has 2 fully saturated rings. The van der Waals surface area contributed by atoms with Gasteiger partial charge in [0, 0.05) is 18.8 Å². The lowest BCUT2D eigenvalue weighted by Gasteiger charge is -2.40. The van der Waals surface area contributed by atoms with Gasteiger partial charge in [0.25, 0.3) is 5.91 Å². The maximum Gasteiger partial charge on any atom is 0.262 e. The largest absolute Gasteiger partial charge is 0.394 e. The van der Waals surface area contributed by atoms with E-state index >= 15 is 0 Å². The topological polar surface area (TPSA) is 146 Å². The number of anilines is 1. The van der Waals surface area contributed by atoms with Crippen LogP contribution in [0.5, 0.6) is 0 Å². The van der Waals surface area contributed by atoms with Gasteiger partial charge < -0.3 is 35.4 Å². The normalized spacial score (nSPS) is 29.7. The van der Waals surface area contributed by atoms with E-state index in [1.165, 1.54) is 6.42 Å². The zero-order valence-corrected chi connectivity index (χ0v) is 17.4. The fourth-order valence-electron chi connectivity index (χ4n) is 4.00. The molecule has 2 saturated heterocycles. The number of piperidine rings is 1. The van der Waals surface area contributed by atoms with Crippen LogP contribution < -0.4 is 10.2 Å². The van der Waals surface area contributed by atoms with E-state index in [9.17, 15) is 25.4 Å². The third-order valence-electron chi connectivity index (χ3n) is 5.93. The first-order chi connectivity index (χ1) is 14.9. The monoisotopic (exact) mass is 431 g/mol. The molecule has 3 rings (SSSR count). The quantitative estimate of drug-likeness (QED) is 0.321. The second-order valence-corrected chi connectivity index (χ2v) is 7.93. The predicted octanol–water partition coefficient (Wildman–Crippen LogP) is -0.110. The Labute approximate surface area is 181 Å². The molecular weight excluding hydrogens is 402 g/mol. The summed E-state index contributed by atoms with van der Waals surface area (Å²) in [6.07, 6.45) is -2.34. The number of nitrogens with one attached hydrogen (secondary N) is 1. The minimum absolute atomic E-state index is 0.177. The number of rotatable bonds is 5. The smallest absolute Gasteiger partial charge is 0.262 e. The average Bonchev–Trinajstić information content (AvgIpc) is 2.80. The molecule has 0 aliphatic carbocycles. The summed E-state index contributed by atoms with van der Waals surface area (Å²) < 4.78 is 5.04. The van der Waals surface area contributed by atoms with E-state index < -0.39 is 43.2 Å². The highest BCUT2D eigenvalue weighted by molar-refractivity contribution is 6.04. The summed E-state index contributed by atoms with van der Waals surface area (Å²) in [4.78, 5) is 15.0. The minimum atomic E-state index is -1.65. The SMILES string of the molecule is C/C(=C(/C#N)C(=O)N[C@H]1C(O)O[C@H](CO)[C@@H](O)[C@@H]1O)c1ccc(N2CCCCC2)cc1. The molecule has 1 amide bonds. The highest BCUT2D eigenvalue weighted by atomic mass is 16.6. The molecule has 2 aliphatic rings. The first-order valence-electron chi connectivity index (χ1n) is 10.4. The van der Waals surface area contributed by atoms with Gasteiger partial charge >= 0.3 is 0 Å². The lowest BCUT2D eigenvalue weighted by molar-refractivity contribution is -0.253. The van der Waals surface area contributed by atoms with E-state index in [0.717, 1.165) is 31.6 Å². The Kier molecular flexibility index (Phi) is 7.64. The van der Waals surface area contributed by atoms with Crippen molar-refractivity contribution in [3.05, 3.63) is 35.4 Å². The van der Waals surface area contributed by atoms with Gasteiger partial charge in [0.15, 0.2) is 6.29 Å². The Balaban J connectivity index is 1.75. The molecule has 9 heteroatoms. The molecule has 0 radical (unpaired) electrons. The van der Waals surface area contributed by atoms with Gasteiger partial charge in [-0.15, -0.1) is 0 Å². The van der Waals surface area contributed by atoms with Crippen LogP contribution in [0, 0.1) is 11.3 Å². The Morgan fingerprint density at radius 1 is 1.16 bits per heavy atom. The van der Waals surface area contributed by atoms with Crippen LogP contribution in [0.2, 0.25) is 0 Å². The van der Waals surface area contributed by atoms with Crippen molar-refractivity contribution in [1.82, 2.24) is 5.32 Å². The lowest BCUT2D eigenvalue weighted by atomic mass is 9.96. The van der Waals surface area contributed by atoms with Crippen LogP contribution in [-0.2, 0) is 9.53 Å². The molecule has 1 unspecified atom stereocenters. The number of amides is 1. The number of benzene rings is 1. The second-order valence-electron chi connectivity index (χ2n) is 7.93. The summed E-state index contributed by atoms with van der Waals surface area (Å²) in [5.74, 6) is -0.804. The van der Waals surface area contributed by atoms with Crippen molar-refractivity contribution in [3.8, 4) is 6.07 Å². The van der Waals surface area contributed by atoms with Crippen LogP contribution in [0.25, 0.3) is 5.57 Å². The highest BCUT2D eigenvalue weighted by Gasteiger charge is 2.44. The number of hydrogen-bond donors (Lipinski definition) is 5. The summed E-state index contributed by atoms with van der Waals surface area (Å²) in [6, 6.07) is 8.16. The summed E-state index contributed by atoms with van der Waals surface area (Å²) in [7, 11) is 0. The Hall–Kier alpha value is -2.48. The molecule has 0 bridgehead atoms. The van der Waals surface area contributed by atoms with Crippen LogP contribution >= 0.6 is 0 Å². The number of hydrogen-bond acceptors (Lipinski definition) is 8. The van der Waals surface area contributed by atoms with Crippen molar-refractivity contribution in [2.45, 2.75) is 56.8 Å². The molecule has 2 heterocycles. The van der Waals surface area contributed by atoms with Gasteiger partial charge in [-0.1, -0.05) is 12.1 Å². The van der Waals surface area contributed by atoms with E-state index in [-0.39, 0.29) is 5.57 Å². The fourth-order valence-corrected chi connectivity index (χ4v) is 4.00. The van der Waals surface area contributed by atoms with E-state index in [1.54, 1.807) is 6.92 Å². The third-order valence-corrected chi connectivity index (χ3v) is 5.93. The summed E-state index contributed by atoms with van der Waals surface area (Å²) >= 11 is 0. The Bertz CT molecular complexity index is 844. The lowest BCUT2D eigenvalue weighted by Crippen LogP contribution is -2.64. The van der Waals surface area contributed by atoms with Crippen molar-refractivity contribution >= 4 is 17.2 Å². The molecule has 2 aliphatic heterocycles. The van der Waals surface area contributed by atoms with Crippen LogP contribution in [0.3, 0.4) is 0 Å². The molecule has 168 valence electrons. The summed E-state index contributed by atoms with van der Waals surface area (Å²) in [6.45, 7) is 3.06. The van der Waals surface area contributed by atoms with Crippen molar-refractivity contribution in [1.29, 1.82) is 5.26 Å². The first kappa shape index (κ1) is 23.2. The molecule has 0 saturated carbocycles. The van der Waals surface area contributed by atoms with Crippen LogP contribution in [0.1, 0.15) is 31.7 Å². The van der Waals surface area contributed by atoms with Gasteiger partial charge in [-0.3, -0.25) is 4.79 Å². The molecule has 0 aromatic heterocycles. The van der Waals surface area contributed by atoms with Crippen LogP contribution in [0.4, 0.5) is 5.69 Å². The number of nitrogens with zero attached hydrogens (tertiary/aromatic N) is 2. The molecule has 5 atom stereocenters. The van der Waals surface area contributed by atoms with Crippen LogP contribution in [0.15, 0.2) is 29.8 Å².